The average molecular weight is 321 g/mol. The third-order valence-corrected chi connectivity index (χ3v) is 4.99. The molecule has 3 nitrogen and oxygen atoms in total. The van der Waals surface area contributed by atoms with Crippen LogP contribution in [0.3, 0.4) is 0 Å². The highest BCUT2D eigenvalue weighted by Gasteiger charge is 2.24. The maximum atomic E-state index is 12.4. The van der Waals surface area contributed by atoms with Gasteiger partial charge in [0.25, 0.3) is 5.91 Å². The van der Waals surface area contributed by atoms with Crippen LogP contribution in [0.2, 0.25) is 0 Å². The van der Waals surface area contributed by atoms with E-state index in [1.807, 2.05) is 34.5 Å². The second-order valence-corrected chi connectivity index (χ2v) is 6.63. The van der Waals surface area contributed by atoms with Crippen molar-refractivity contribution in [2.75, 3.05) is 13.1 Å². The quantitative estimate of drug-likeness (QED) is 0.800. The lowest BCUT2D eigenvalue weighted by molar-refractivity contribution is 0.0788. The molecule has 1 atom stereocenters. The number of nitrogens with zero attached hydrogens (tertiary/aromatic N) is 2. The average Bonchev–Trinajstić information content (AvgIpc) is 3.15. The Kier molecular flexibility index (Phi) is 4.27. The predicted molar refractivity (Wildman–Crippen MR) is 86.8 cm³/mol. The fraction of sp³-hybridized carbons (Fsp3) is 0.375. The molecule has 0 aliphatic carbocycles. The molecule has 0 bridgehead atoms. The van der Waals surface area contributed by atoms with Gasteiger partial charge in [-0.2, -0.15) is 0 Å². The second-order valence-electron chi connectivity index (χ2n) is 5.50. The third kappa shape index (κ3) is 3.11. The largest absolute Gasteiger partial charge is 0.338 e. The van der Waals surface area contributed by atoms with E-state index in [9.17, 15) is 4.79 Å². The molecule has 2 aromatic rings. The molecule has 1 aromatic heterocycles. The first kappa shape index (κ1) is 14.5. The topological polar surface area (TPSA) is 33.2 Å². The first-order chi connectivity index (χ1) is 10.2. The molecule has 0 spiro atoms. The fourth-order valence-electron chi connectivity index (χ4n) is 2.56. The number of amides is 1. The van der Waals surface area contributed by atoms with Crippen molar-refractivity contribution in [2.45, 2.75) is 19.2 Å². The number of benzene rings is 1. The SMILES string of the molecule is CC1CCN(C(=O)c2ccc(-c3nc(CCl)cs3)cc2)C1. The van der Waals surface area contributed by atoms with Gasteiger partial charge in [-0.25, -0.2) is 4.98 Å². The molecule has 0 saturated carbocycles. The monoisotopic (exact) mass is 320 g/mol. The molecular formula is C16H17ClN2OS. The minimum Gasteiger partial charge on any atom is -0.338 e. The van der Waals surface area contributed by atoms with Crippen LogP contribution >= 0.6 is 22.9 Å². The van der Waals surface area contributed by atoms with E-state index in [0.29, 0.717) is 11.8 Å². The van der Waals surface area contributed by atoms with Crippen LogP contribution in [0.1, 0.15) is 29.4 Å². The third-order valence-electron chi connectivity index (χ3n) is 3.78. The molecule has 2 heterocycles. The van der Waals surface area contributed by atoms with Gasteiger partial charge in [0.2, 0.25) is 0 Å². The van der Waals surface area contributed by atoms with Crippen molar-refractivity contribution in [3.63, 3.8) is 0 Å². The van der Waals surface area contributed by atoms with E-state index in [2.05, 4.69) is 11.9 Å². The molecule has 110 valence electrons. The van der Waals surface area contributed by atoms with E-state index in [4.69, 9.17) is 11.6 Å². The number of hydrogen-bond acceptors (Lipinski definition) is 3. The minimum atomic E-state index is 0.131. The Labute approximate surface area is 133 Å². The number of carbonyl (C=O) groups excluding carboxylic acids is 1. The summed E-state index contributed by atoms with van der Waals surface area (Å²) in [7, 11) is 0. The van der Waals surface area contributed by atoms with Crippen LogP contribution in [0.15, 0.2) is 29.6 Å². The van der Waals surface area contributed by atoms with Gasteiger partial charge in [-0.05, 0) is 24.5 Å². The summed E-state index contributed by atoms with van der Waals surface area (Å²) in [6, 6.07) is 7.71. The van der Waals surface area contributed by atoms with Crippen LogP contribution < -0.4 is 0 Å². The van der Waals surface area contributed by atoms with Crippen molar-refractivity contribution in [3.8, 4) is 10.6 Å². The number of thiazole rings is 1. The maximum absolute atomic E-state index is 12.4. The van der Waals surface area contributed by atoms with E-state index < -0.39 is 0 Å². The van der Waals surface area contributed by atoms with Gasteiger partial charge in [-0.3, -0.25) is 4.79 Å². The number of rotatable bonds is 3. The zero-order valence-electron chi connectivity index (χ0n) is 11.9. The van der Waals surface area contributed by atoms with E-state index in [1.54, 1.807) is 11.3 Å². The van der Waals surface area contributed by atoms with Crippen LogP contribution in [-0.4, -0.2) is 28.9 Å². The maximum Gasteiger partial charge on any atom is 0.253 e. The number of halogens is 1. The normalized spacial score (nSPS) is 18.2. The molecule has 1 aliphatic rings. The molecule has 1 unspecified atom stereocenters. The van der Waals surface area contributed by atoms with Gasteiger partial charge >= 0.3 is 0 Å². The molecule has 5 heteroatoms. The van der Waals surface area contributed by atoms with E-state index >= 15 is 0 Å². The van der Waals surface area contributed by atoms with E-state index in [0.717, 1.165) is 41.3 Å². The van der Waals surface area contributed by atoms with E-state index in [1.165, 1.54) is 0 Å². The van der Waals surface area contributed by atoms with Crippen LogP contribution in [-0.2, 0) is 5.88 Å². The van der Waals surface area contributed by atoms with Gasteiger partial charge in [0.1, 0.15) is 5.01 Å². The van der Waals surface area contributed by atoms with Gasteiger partial charge in [-0.1, -0.05) is 19.1 Å². The molecule has 1 aliphatic heterocycles. The highest BCUT2D eigenvalue weighted by molar-refractivity contribution is 7.13. The highest BCUT2D eigenvalue weighted by Crippen LogP contribution is 2.25. The van der Waals surface area contributed by atoms with Crippen LogP contribution in [0.5, 0.6) is 0 Å². The molecule has 0 N–H and O–H groups in total. The van der Waals surface area contributed by atoms with Crippen LogP contribution in [0.25, 0.3) is 10.6 Å². The van der Waals surface area contributed by atoms with Crippen LogP contribution in [0.4, 0.5) is 0 Å². The summed E-state index contributed by atoms with van der Waals surface area (Å²) in [6.45, 7) is 3.92. The lowest BCUT2D eigenvalue weighted by atomic mass is 10.1. The summed E-state index contributed by atoms with van der Waals surface area (Å²) < 4.78 is 0. The number of alkyl halides is 1. The summed E-state index contributed by atoms with van der Waals surface area (Å²) in [5.74, 6) is 1.17. The van der Waals surface area contributed by atoms with Crippen molar-refractivity contribution in [2.24, 2.45) is 5.92 Å². The van der Waals surface area contributed by atoms with Crippen molar-refractivity contribution >= 4 is 28.8 Å². The number of aromatic nitrogens is 1. The Bertz CT molecular complexity index is 638. The zero-order valence-corrected chi connectivity index (χ0v) is 13.5. The Morgan fingerprint density at radius 3 is 2.76 bits per heavy atom. The van der Waals surface area contributed by atoms with Crippen molar-refractivity contribution < 1.29 is 4.79 Å². The van der Waals surface area contributed by atoms with Crippen molar-refractivity contribution in [1.29, 1.82) is 0 Å². The molecule has 1 fully saturated rings. The van der Waals surface area contributed by atoms with Gasteiger partial charge in [-0.15, -0.1) is 22.9 Å². The van der Waals surface area contributed by atoms with Crippen LogP contribution in [0, 0.1) is 5.92 Å². The van der Waals surface area contributed by atoms with Crippen molar-refractivity contribution in [1.82, 2.24) is 9.88 Å². The fourth-order valence-corrected chi connectivity index (χ4v) is 3.61. The smallest absolute Gasteiger partial charge is 0.253 e. The predicted octanol–water partition coefficient (Wildman–Crippen LogP) is 4.03. The molecule has 1 amide bonds. The molecule has 21 heavy (non-hydrogen) atoms. The van der Waals surface area contributed by atoms with Gasteiger partial charge in [0, 0.05) is 29.6 Å². The molecule has 3 rings (SSSR count). The number of carbonyl (C=O) groups is 1. The summed E-state index contributed by atoms with van der Waals surface area (Å²) in [6.07, 6.45) is 1.10. The standard InChI is InChI=1S/C16H17ClN2OS/c1-11-6-7-19(9-11)16(20)13-4-2-12(3-5-13)15-18-14(8-17)10-21-15/h2-5,10-11H,6-9H2,1H3. The summed E-state index contributed by atoms with van der Waals surface area (Å²) in [4.78, 5) is 18.8. The Hall–Kier alpha value is -1.39. The van der Waals surface area contributed by atoms with E-state index in [-0.39, 0.29) is 5.91 Å². The highest BCUT2D eigenvalue weighted by atomic mass is 35.5. The summed E-state index contributed by atoms with van der Waals surface area (Å²) in [5.41, 5.74) is 2.67. The van der Waals surface area contributed by atoms with Gasteiger partial charge in [0.15, 0.2) is 0 Å². The summed E-state index contributed by atoms with van der Waals surface area (Å²) >= 11 is 7.35. The van der Waals surface area contributed by atoms with Crippen molar-refractivity contribution in [3.05, 3.63) is 40.9 Å². The minimum absolute atomic E-state index is 0.131. The summed E-state index contributed by atoms with van der Waals surface area (Å²) in [5, 5.41) is 2.91. The second kappa shape index (κ2) is 6.16. The Morgan fingerprint density at radius 1 is 1.43 bits per heavy atom. The molecule has 0 radical (unpaired) electrons. The van der Waals surface area contributed by atoms with Gasteiger partial charge < -0.3 is 4.90 Å². The lowest BCUT2D eigenvalue weighted by Crippen LogP contribution is -2.28. The Balaban J connectivity index is 1.76. The molecule has 1 saturated heterocycles. The number of likely N-dealkylation sites (tertiary alicyclic amines) is 1. The first-order valence-corrected chi connectivity index (χ1v) is 8.49. The molecule has 1 aromatic carbocycles. The lowest BCUT2D eigenvalue weighted by Gasteiger charge is -2.15. The van der Waals surface area contributed by atoms with Gasteiger partial charge in [0.05, 0.1) is 11.6 Å². The molecular weight excluding hydrogens is 304 g/mol. The zero-order chi connectivity index (χ0) is 14.8. The number of hydrogen-bond donors (Lipinski definition) is 0. The Morgan fingerprint density at radius 2 is 2.19 bits per heavy atom. The first-order valence-electron chi connectivity index (χ1n) is 7.07.